The van der Waals surface area contributed by atoms with E-state index in [2.05, 4.69) is 20.9 Å². The van der Waals surface area contributed by atoms with Gasteiger partial charge in [0.15, 0.2) is 5.78 Å². The third kappa shape index (κ3) is 3.87. The van der Waals surface area contributed by atoms with Gasteiger partial charge < -0.3 is 4.74 Å². The molecular formula is C22H15BrN2O3. The van der Waals surface area contributed by atoms with Gasteiger partial charge in [0.2, 0.25) is 0 Å². The average molecular weight is 435 g/mol. The fourth-order valence-corrected chi connectivity index (χ4v) is 3.18. The molecule has 0 aliphatic heterocycles. The zero-order chi connectivity index (χ0) is 19.5. The van der Waals surface area contributed by atoms with Crippen LogP contribution in [-0.4, -0.2) is 15.3 Å². The number of ketones is 1. The van der Waals surface area contributed by atoms with E-state index in [1.54, 1.807) is 36.4 Å². The van der Waals surface area contributed by atoms with Crippen LogP contribution in [0.4, 0.5) is 0 Å². The molecule has 5 nitrogen and oxygen atoms in total. The Hall–Kier alpha value is -3.25. The second-order valence-electron chi connectivity index (χ2n) is 6.20. The summed E-state index contributed by atoms with van der Waals surface area (Å²) in [6, 6.07) is 21.6. The average Bonchev–Trinajstić information content (AvgIpc) is 2.72. The fraction of sp³-hybridized carbons (Fsp3) is 0.0455. The Kier molecular flexibility index (Phi) is 5.04. The molecule has 3 aromatic carbocycles. The van der Waals surface area contributed by atoms with Gasteiger partial charge in [-0.05, 0) is 54.6 Å². The normalized spacial score (nSPS) is 10.8. The molecule has 0 atom stereocenters. The molecule has 0 N–H and O–H groups in total. The molecular weight excluding hydrogens is 420 g/mol. The van der Waals surface area contributed by atoms with Crippen LogP contribution in [0.2, 0.25) is 0 Å². The van der Waals surface area contributed by atoms with Crippen molar-refractivity contribution in [2.24, 2.45) is 0 Å². The molecule has 0 bridgehead atoms. The van der Waals surface area contributed by atoms with Gasteiger partial charge in [-0.2, -0.15) is 0 Å². The van der Waals surface area contributed by atoms with E-state index < -0.39 is 0 Å². The Morgan fingerprint density at radius 2 is 1.68 bits per heavy atom. The molecule has 0 unspecified atom stereocenters. The van der Waals surface area contributed by atoms with Gasteiger partial charge in [0.05, 0.1) is 23.8 Å². The topological polar surface area (TPSA) is 61.2 Å². The van der Waals surface area contributed by atoms with Gasteiger partial charge in [-0.3, -0.25) is 14.2 Å². The highest BCUT2D eigenvalue weighted by Gasteiger charge is 2.11. The van der Waals surface area contributed by atoms with E-state index in [0.717, 1.165) is 10.2 Å². The minimum absolute atomic E-state index is 0.0762. The Morgan fingerprint density at radius 3 is 2.43 bits per heavy atom. The number of fused-ring (bicyclic) bond motifs is 1. The second-order valence-corrected chi connectivity index (χ2v) is 7.12. The molecule has 138 valence electrons. The summed E-state index contributed by atoms with van der Waals surface area (Å²) in [5.41, 5.74) is 0.852. The molecule has 6 heteroatoms. The number of rotatable bonds is 5. The number of hydrogen-bond donors (Lipinski definition) is 0. The lowest BCUT2D eigenvalue weighted by Crippen LogP contribution is -2.24. The van der Waals surface area contributed by atoms with Crippen LogP contribution in [0.25, 0.3) is 10.9 Å². The largest absolute Gasteiger partial charge is 0.457 e. The number of carbonyl (C=O) groups excluding carboxylic acids is 1. The van der Waals surface area contributed by atoms with Crippen molar-refractivity contribution in [2.75, 3.05) is 0 Å². The van der Waals surface area contributed by atoms with Crippen molar-refractivity contribution in [3.8, 4) is 11.5 Å². The van der Waals surface area contributed by atoms with Crippen molar-refractivity contribution >= 4 is 32.6 Å². The van der Waals surface area contributed by atoms with Crippen LogP contribution >= 0.6 is 15.9 Å². The summed E-state index contributed by atoms with van der Waals surface area (Å²) in [6.45, 7) is -0.0762. The molecule has 1 heterocycles. The van der Waals surface area contributed by atoms with Gasteiger partial charge in [-0.15, -0.1) is 0 Å². The summed E-state index contributed by atoms with van der Waals surface area (Å²) in [5.74, 6) is 1.18. The molecule has 0 saturated carbocycles. The zero-order valence-electron chi connectivity index (χ0n) is 14.7. The Labute approximate surface area is 169 Å². The molecule has 4 aromatic rings. The molecule has 0 aliphatic carbocycles. The van der Waals surface area contributed by atoms with Crippen LogP contribution in [-0.2, 0) is 6.54 Å². The van der Waals surface area contributed by atoms with E-state index in [4.69, 9.17) is 4.74 Å². The fourth-order valence-electron chi connectivity index (χ4n) is 2.82. The standard InChI is InChI=1S/C22H15BrN2O3/c23-16-8-11-20-19(12-16)22(27)25(14-24-20)13-21(26)15-6-9-18(10-7-15)28-17-4-2-1-3-5-17/h1-12,14H,13H2. The molecule has 0 spiro atoms. The maximum atomic E-state index is 12.6. The van der Waals surface area contributed by atoms with Gasteiger partial charge in [0.25, 0.3) is 5.56 Å². The van der Waals surface area contributed by atoms with Crippen molar-refractivity contribution in [1.29, 1.82) is 0 Å². The first-order valence-corrected chi connectivity index (χ1v) is 9.40. The van der Waals surface area contributed by atoms with Gasteiger partial charge in [-0.1, -0.05) is 34.1 Å². The summed E-state index contributed by atoms with van der Waals surface area (Å²) < 4.78 is 7.84. The molecule has 1 aromatic heterocycles. The number of carbonyl (C=O) groups is 1. The number of nitrogens with zero attached hydrogens (tertiary/aromatic N) is 2. The van der Waals surface area contributed by atoms with Gasteiger partial charge in [0, 0.05) is 10.0 Å². The molecule has 0 aliphatic rings. The SMILES string of the molecule is O=C(Cn1cnc2ccc(Br)cc2c1=O)c1ccc(Oc2ccccc2)cc1. The van der Waals surface area contributed by atoms with Crippen LogP contribution in [0.5, 0.6) is 11.5 Å². The number of benzene rings is 3. The minimum Gasteiger partial charge on any atom is -0.457 e. The third-order valence-electron chi connectivity index (χ3n) is 4.26. The van der Waals surface area contributed by atoms with Crippen molar-refractivity contribution in [3.63, 3.8) is 0 Å². The van der Waals surface area contributed by atoms with E-state index in [1.165, 1.54) is 10.9 Å². The molecule has 28 heavy (non-hydrogen) atoms. The number of aromatic nitrogens is 2. The number of Topliss-reactive ketones (excluding diaryl/α,β-unsaturated/α-hetero) is 1. The highest BCUT2D eigenvalue weighted by molar-refractivity contribution is 9.10. The Bertz CT molecular complexity index is 1200. The predicted octanol–water partition coefficient (Wildman–Crippen LogP) is 4.83. The van der Waals surface area contributed by atoms with Crippen molar-refractivity contribution in [3.05, 3.63) is 99.5 Å². The van der Waals surface area contributed by atoms with Crippen molar-refractivity contribution in [1.82, 2.24) is 9.55 Å². The first-order chi connectivity index (χ1) is 13.6. The molecule has 0 amide bonds. The third-order valence-corrected chi connectivity index (χ3v) is 4.75. The van der Waals surface area contributed by atoms with E-state index in [9.17, 15) is 9.59 Å². The first kappa shape index (κ1) is 18.1. The number of hydrogen-bond acceptors (Lipinski definition) is 4. The van der Waals surface area contributed by atoms with E-state index >= 15 is 0 Å². The lowest BCUT2D eigenvalue weighted by Gasteiger charge is -2.08. The maximum absolute atomic E-state index is 12.6. The van der Waals surface area contributed by atoms with E-state index in [1.807, 2.05) is 36.4 Å². The molecule has 0 radical (unpaired) electrons. The van der Waals surface area contributed by atoms with E-state index in [-0.39, 0.29) is 17.9 Å². The monoisotopic (exact) mass is 434 g/mol. The summed E-state index contributed by atoms with van der Waals surface area (Å²) in [6.07, 6.45) is 1.41. The van der Waals surface area contributed by atoms with Gasteiger partial charge in [-0.25, -0.2) is 4.98 Å². The van der Waals surface area contributed by atoms with Crippen molar-refractivity contribution in [2.45, 2.75) is 6.54 Å². The van der Waals surface area contributed by atoms with Gasteiger partial charge >= 0.3 is 0 Å². The number of ether oxygens (including phenoxy) is 1. The quantitative estimate of drug-likeness (QED) is 0.421. The first-order valence-electron chi connectivity index (χ1n) is 8.61. The van der Waals surface area contributed by atoms with Gasteiger partial charge in [0.1, 0.15) is 11.5 Å². The van der Waals surface area contributed by atoms with Crippen LogP contribution < -0.4 is 10.3 Å². The molecule has 4 rings (SSSR count). The van der Waals surface area contributed by atoms with Crippen LogP contribution in [0.3, 0.4) is 0 Å². The second kappa shape index (κ2) is 7.78. The molecule has 0 fully saturated rings. The number of halogens is 1. The zero-order valence-corrected chi connectivity index (χ0v) is 16.3. The van der Waals surface area contributed by atoms with Crippen LogP contribution in [0, 0.1) is 0 Å². The Balaban J connectivity index is 1.53. The Morgan fingerprint density at radius 1 is 0.964 bits per heavy atom. The molecule has 0 saturated heterocycles. The number of para-hydroxylation sites is 1. The lowest BCUT2D eigenvalue weighted by atomic mass is 10.1. The van der Waals surface area contributed by atoms with Crippen LogP contribution in [0.15, 0.2) is 88.4 Å². The lowest BCUT2D eigenvalue weighted by molar-refractivity contribution is 0.0970. The van der Waals surface area contributed by atoms with E-state index in [0.29, 0.717) is 22.2 Å². The van der Waals surface area contributed by atoms with Crippen molar-refractivity contribution < 1.29 is 9.53 Å². The summed E-state index contributed by atoms with van der Waals surface area (Å²) in [4.78, 5) is 29.5. The summed E-state index contributed by atoms with van der Waals surface area (Å²) in [7, 11) is 0. The summed E-state index contributed by atoms with van der Waals surface area (Å²) in [5, 5.41) is 0.469. The smallest absolute Gasteiger partial charge is 0.261 e. The predicted molar refractivity (Wildman–Crippen MR) is 111 cm³/mol. The van der Waals surface area contributed by atoms with Crippen LogP contribution in [0.1, 0.15) is 10.4 Å². The highest BCUT2D eigenvalue weighted by Crippen LogP contribution is 2.21. The maximum Gasteiger partial charge on any atom is 0.261 e. The summed E-state index contributed by atoms with van der Waals surface area (Å²) >= 11 is 3.35. The minimum atomic E-state index is -0.247. The highest BCUT2D eigenvalue weighted by atomic mass is 79.9.